The van der Waals surface area contributed by atoms with Crippen LogP contribution in [0.5, 0.6) is 0 Å². The zero-order chi connectivity index (χ0) is 16.9. The molecule has 2 rings (SSSR count). The molecule has 1 atom stereocenters. The summed E-state index contributed by atoms with van der Waals surface area (Å²) >= 11 is 1.15. The predicted molar refractivity (Wildman–Crippen MR) is 92.7 cm³/mol. The summed E-state index contributed by atoms with van der Waals surface area (Å²) in [6.45, 7) is 2.00. The lowest BCUT2D eigenvalue weighted by Gasteiger charge is -2.29. The standard InChI is InChI=1S/C18H24N2O2S/c1-18(12-19,9-13-5-3-2-4-6-13)8-7-14-15(10-21)17(20)23-16(14)11-22/h10-11,13H,2-9,20H2,1H3. The van der Waals surface area contributed by atoms with Crippen molar-refractivity contribution in [3.63, 3.8) is 0 Å². The fourth-order valence-electron chi connectivity index (χ4n) is 3.63. The fraction of sp³-hybridized carbons (Fsp3) is 0.611. The van der Waals surface area contributed by atoms with Gasteiger partial charge in [0.25, 0.3) is 0 Å². The van der Waals surface area contributed by atoms with Crippen LogP contribution in [0, 0.1) is 22.7 Å². The Hall–Kier alpha value is -1.67. The number of thiophene rings is 1. The van der Waals surface area contributed by atoms with E-state index in [-0.39, 0.29) is 0 Å². The summed E-state index contributed by atoms with van der Waals surface area (Å²) in [5.74, 6) is 0.622. The van der Waals surface area contributed by atoms with E-state index in [1.165, 1.54) is 32.1 Å². The molecular weight excluding hydrogens is 308 g/mol. The monoisotopic (exact) mass is 332 g/mol. The van der Waals surface area contributed by atoms with Crippen molar-refractivity contribution in [1.29, 1.82) is 5.26 Å². The molecule has 0 amide bonds. The Morgan fingerprint density at radius 3 is 2.57 bits per heavy atom. The zero-order valence-corrected chi connectivity index (χ0v) is 14.5. The van der Waals surface area contributed by atoms with Crippen molar-refractivity contribution in [3.05, 3.63) is 16.0 Å². The van der Waals surface area contributed by atoms with Gasteiger partial charge in [0.05, 0.1) is 26.9 Å². The Bertz CT molecular complexity index is 611. The van der Waals surface area contributed by atoms with Gasteiger partial charge in [-0.1, -0.05) is 32.1 Å². The molecule has 1 heterocycles. The topological polar surface area (TPSA) is 83.9 Å². The number of rotatable bonds is 7. The average molecular weight is 332 g/mol. The number of hydrogen-bond acceptors (Lipinski definition) is 5. The Morgan fingerprint density at radius 2 is 2.00 bits per heavy atom. The van der Waals surface area contributed by atoms with Gasteiger partial charge in [0, 0.05) is 0 Å². The van der Waals surface area contributed by atoms with Crippen molar-refractivity contribution in [3.8, 4) is 6.07 Å². The van der Waals surface area contributed by atoms with Gasteiger partial charge < -0.3 is 5.73 Å². The van der Waals surface area contributed by atoms with Gasteiger partial charge in [-0.3, -0.25) is 9.59 Å². The highest BCUT2D eigenvalue weighted by Crippen LogP contribution is 2.38. The van der Waals surface area contributed by atoms with Gasteiger partial charge in [-0.25, -0.2) is 0 Å². The molecule has 2 N–H and O–H groups in total. The van der Waals surface area contributed by atoms with Crippen LogP contribution in [0.15, 0.2) is 0 Å². The third kappa shape index (κ3) is 4.20. The summed E-state index contributed by atoms with van der Waals surface area (Å²) < 4.78 is 0. The second kappa shape index (κ2) is 7.74. The molecular formula is C18H24N2O2S. The van der Waals surface area contributed by atoms with Crippen LogP contribution in [0.1, 0.15) is 77.5 Å². The summed E-state index contributed by atoms with van der Waals surface area (Å²) in [5.41, 5.74) is 6.53. The number of nitrogen functional groups attached to an aromatic ring is 1. The highest BCUT2D eigenvalue weighted by Gasteiger charge is 2.30. The van der Waals surface area contributed by atoms with E-state index in [9.17, 15) is 14.9 Å². The number of nitrogens with zero attached hydrogens (tertiary/aromatic N) is 1. The average Bonchev–Trinajstić information content (AvgIpc) is 2.88. The number of nitriles is 1. The summed E-state index contributed by atoms with van der Waals surface area (Å²) in [6.07, 6.45) is 9.83. The molecule has 0 spiro atoms. The van der Waals surface area contributed by atoms with E-state index >= 15 is 0 Å². The number of nitrogens with two attached hydrogens (primary N) is 1. The van der Waals surface area contributed by atoms with Crippen LogP contribution < -0.4 is 5.73 Å². The summed E-state index contributed by atoms with van der Waals surface area (Å²) in [7, 11) is 0. The largest absolute Gasteiger partial charge is 0.390 e. The van der Waals surface area contributed by atoms with E-state index in [4.69, 9.17) is 5.73 Å². The molecule has 0 saturated heterocycles. The van der Waals surface area contributed by atoms with E-state index in [1.54, 1.807) is 0 Å². The highest BCUT2D eigenvalue weighted by molar-refractivity contribution is 7.18. The molecule has 124 valence electrons. The van der Waals surface area contributed by atoms with Crippen LogP contribution in [0.25, 0.3) is 0 Å². The minimum absolute atomic E-state index is 0.392. The van der Waals surface area contributed by atoms with Gasteiger partial charge >= 0.3 is 0 Å². The van der Waals surface area contributed by atoms with E-state index in [2.05, 4.69) is 6.07 Å². The lowest BCUT2D eigenvalue weighted by Crippen LogP contribution is -2.21. The van der Waals surface area contributed by atoms with Gasteiger partial charge in [0.15, 0.2) is 12.6 Å². The minimum Gasteiger partial charge on any atom is -0.390 e. The summed E-state index contributed by atoms with van der Waals surface area (Å²) in [6, 6.07) is 2.47. The van der Waals surface area contributed by atoms with Crippen LogP contribution in [0.3, 0.4) is 0 Å². The van der Waals surface area contributed by atoms with Crippen LogP contribution >= 0.6 is 11.3 Å². The van der Waals surface area contributed by atoms with Crippen molar-refractivity contribution < 1.29 is 9.59 Å². The van der Waals surface area contributed by atoms with Crippen LogP contribution in [0.2, 0.25) is 0 Å². The SMILES string of the molecule is CC(C#N)(CCc1c(C=O)sc(N)c1C=O)CC1CCCCC1. The molecule has 0 radical (unpaired) electrons. The Labute approximate surface area is 141 Å². The van der Waals surface area contributed by atoms with E-state index < -0.39 is 5.41 Å². The van der Waals surface area contributed by atoms with Crippen molar-refractivity contribution in [2.75, 3.05) is 5.73 Å². The summed E-state index contributed by atoms with van der Waals surface area (Å²) in [4.78, 5) is 22.9. The fourth-order valence-corrected chi connectivity index (χ4v) is 4.53. The molecule has 23 heavy (non-hydrogen) atoms. The molecule has 1 aliphatic rings. The Morgan fingerprint density at radius 1 is 1.30 bits per heavy atom. The van der Waals surface area contributed by atoms with Crippen molar-refractivity contribution in [2.24, 2.45) is 11.3 Å². The van der Waals surface area contributed by atoms with Crippen LogP contribution in [0.4, 0.5) is 5.00 Å². The molecule has 5 heteroatoms. The highest BCUT2D eigenvalue weighted by atomic mass is 32.1. The molecule has 1 fully saturated rings. The molecule has 4 nitrogen and oxygen atoms in total. The lowest BCUT2D eigenvalue weighted by atomic mass is 9.73. The number of anilines is 1. The van der Waals surface area contributed by atoms with Crippen molar-refractivity contribution in [2.45, 2.75) is 58.3 Å². The first kappa shape index (κ1) is 17.7. The van der Waals surface area contributed by atoms with Crippen molar-refractivity contribution >= 4 is 28.9 Å². The van der Waals surface area contributed by atoms with Gasteiger partial charge in [-0.05, 0) is 37.7 Å². The first-order valence-electron chi connectivity index (χ1n) is 8.25. The predicted octanol–water partition coefficient (Wildman–Crippen LogP) is 4.39. The minimum atomic E-state index is -0.418. The molecule has 0 aromatic carbocycles. The second-order valence-electron chi connectivity index (χ2n) is 6.84. The maximum absolute atomic E-state index is 11.2. The van der Waals surface area contributed by atoms with Gasteiger partial charge in [-0.15, -0.1) is 11.3 Å². The van der Waals surface area contributed by atoms with Crippen LogP contribution in [-0.2, 0) is 6.42 Å². The molecule has 0 aliphatic heterocycles. The lowest BCUT2D eigenvalue weighted by molar-refractivity contribution is 0.112. The number of aldehydes is 2. The summed E-state index contributed by atoms with van der Waals surface area (Å²) in [5, 5.41) is 10.0. The van der Waals surface area contributed by atoms with Gasteiger partial charge in [0.1, 0.15) is 0 Å². The van der Waals surface area contributed by atoms with Crippen LogP contribution in [-0.4, -0.2) is 12.6 Å². The third-order valence-electron chi connectivity index (χ3n) is 4.99. The smallest absolute Gasteiger partial charge is 0.160 e. The van der Waals surface area contributed by atoms with Gasteiger partial charge in [0.2, 0.25) is 0 Å². The molecule has 1 saturated carbocycles. The molecule has 1 aromatic heterocycles. The van der Waals surface area contributed by atoms with E-state index in [1.807, 2.05) is 6.92 Å². The molecule has 1 aliphatic carbocycles. The Balaban J connectivity index is 2.09. The quantitative estimate of drug-likeness (QED) is 0.751. The van der Waals surface area contributed by atoms with E-state index in [0.29, 0.717) is 39.8 Å². The maximum Gasteiger partial charge on any atom is 0.160 e. The number of hydrogen-bond donors (Lipinski definition) is 1. The normalized spacial score (nSPS) is 18.1. The first-order chi connectivity index (χ1) is 11.0. The number of carbonyl (C=O) groups excluding carboxylic acids is 2. The molecule has 1 unspecified atom stereocenters. The van der Waals surface area contributed by atoms with Gasteiger partial charge in [-0.2, -0.15) is 5.26 Å². The number of carbonyl (C=O) groups is 2. The molecule has 1 aromatic rings. The first-order valence-corrected chi connectivity index (χ1v) is 9.07. The van der Waals surface area contributed by atoms with Crippen molar-refractivity contribution in [1.82, 2.24) is 0 Å². The Kier molecular flexibility index (Phi) is 5.95. The molecule has 0 bridgehead atoms. The van der Waals surface area contributed by atoms with E-state index in [0.717, 1.165) is 30.3 Å². The maximum atomic E-state index is 11.2. The third-order valence-corrected chi connectivity index (χ3v) is 6.00. The second-order valence-corrected chi connectivity index (χ2v) is 7.92. The zero-order valence-electron chi connectivity index (χ0n) is 13.6.